The fourth-order valence-electron chi connectivity index (χ4n) is 1.73. The highest BCUT2D eigenvalue weighted by Crippen LogP contribution is 2.14. The third kappa shape index (κ3) is 6.01. The van der Waals surface area contributed by atoms with E-state index in [1.54, 1.807) is 5.48 Å². The number of anilines is 1. The molecule has 0 heterocycles. The van der Waals surface area contributed by atoms with Crippen molar-refractivity contribution in [3.05, 3.63) is 29.8 Å². The molecule has 0 saturated carbocycles. The van der Waals surface area contributed by atoms with Crippen LogP contribution in [0.25, 0.3) is 0 Å². The van der Waals surface area contributed by atoms with Crippen LogP contribution >= 0.6 is 0 Å². The molecule has 19 heavy (non-hydrogen) atoms. The first-order valence-electron chi connectivity index (χ1n) is 6.42. The zero-order chi connectivity index (χ0) is 14.1. The van der Waals surface area contributed by atoms with E-state index in [9.17, 15) is 9.59 Å². The zero-order valence-corrected chi connectivity index (χ0v) is 11.1. The number of carbonyl (C=O) groups is 2. The minimum atomic E-state index is -0.385. The molecule has 1 rings (SSSR count). The Balaban J connectivity index is 2.18. The van der Waals surface area contributed by atoms with Crippen molar-refractivity contribution in [1.82, 2.24) is 5.48 Å². The molecule has 0 saturated heterocycles. The molecule has 0 unspecified atom stereocenters. The van der Waals surface area contributed by atoms with Crippen molar-refractivity contribution in [3.8, 4) is 0 Å². The second kappa shape index (κ2) is 8.26. The van der Waals surface area contributed by atoms with Gasteiger partial charge in [0.05, 0.1) is 0 Å². The third-order valence-electron chi connectivity index (χ3n) is 2.85. The smallest absolute Gasteiger partial charge is 0.243 e. The first-order valence-corrected chi connectivity index (χ1v) is 6.42. The number of hydroxylamine groups is 1. The number of carbonyl (C=O) groups excluding carboxylic acids is 2. The number of rotatable bonds is 7. The molecule has 1 aromatic carbocycles. The van der Waals surface area contributed by atoms with Crippen LogP contribution in [0.3, 0.4) is 0 Å². The molecule has 104 valence electrons. The van der Waals surface area contributed by atoms with Gasteiger partial charge in [0.1, 0.15) is 0 Å². The van der Waals surface area contributed by atoms with Gasteiger partial charge < -0.3 is 5.32 Å². The summed E-state index contributed by atoms with van der Waals surface area (Å²) in [5.74, 6) is -0.398. The van der Waals surface area contributed by atoms with Crippen molar-refractivity contribution in [1.29, 1.82) is 0 Å². The average molecular weight is 264 g/mol. The molecule has 0 aliphatic carbocycles. The lowest BCUT2D eigenvalue weighted by Gasteiger charge is -2.07. The lowest BCUT2D eigenvalue weighted by atomic mass is 10.1. The molecule has 2 amide bonds. The van der Waals surface area contributed by atoms with E-state index in [2.05, 4.69) is 5.32 Å². The molecular formula is C14H20N2O3. The van der Waals surface area contributed by atoms with Gasteiger partial charge in [-0.3, -0.25) is 14.8 Å². The van der Waals surface area contributed by atoms with Crippen LogP contribution in [0.1, 0.15) is 37.7 Å². The molecule has 0 spiro atoms. The summed E-state index contributed by atoms with van der Waals surface area (Å²) in [6.45, 7) is 1.95. The van der Waals surface area contributed by atoms with Gasteiger partial charge >= 0.3 is 0 Å². The Kier molecular flexibility index (Phi) is 6.60. The van der Waals surface area contributed by atoms with Gasteiger partial charge in [-0.25, -0.2) is 5.48 Å². The van der Waals surface area contributed by atoms with Crippen LogP contribution < -0.4 is 10.8 Å². The van der Waals surface area contributed by atoms with Gasteiger partial charge in [0.15, 0.2) is 0 Å². The van der Waals surface area contributed by atoms with Crippen LogP contribution in [0.4, 0.5) is 5.69 Å². The first kappa shape index (κ1) is 15.2. The minimum absolute atomic E-state index is 0.0130. The summed E-state index contributed by atoms with van der Waals surface area (Å²) in [5.41, 5.74) is 3.46. The standard InChI is InChI=1S/C14H20N2O3/c1-11-7-5-6-8-12(11)15-13(17)9-3-2-4-10-14(18)16-19/h5-8,19H,2-4,9-10H2,1H3,(H,15,17)(H,16,18). The van der Waals surface area contributed by atoms with Crippen LogP contribution in [-0.2, 0) is 9.59 Å². The molecule has 0 fully saturated rings. The van der Waals surface area contributed by atoms with Gasteiger partial charge in [0, 0.05) is 18.5 Å². The zero-order valence-electron chi connectivity index (χ0n) is 11.1. The normalized spacial score (nSPS) is 10.0. The number of para-hydroxylation sites is 1. The third-order valence-corrected chi connectivity index (χ3v) is 2.85. The minimum Gasteiger partial charge on any atom is -0.326 e. The number of aryl methyl sites for hydroxylation is 1. The van der Waals surface area contributed by atoms with Crippen molar-refractivity contribution in [3.63, 3.8) is 0 Å². The van der Waals surface area contributed by atoms with Crippen molar-refractivity contribution in [2.45, 2.75) is 39.0 Å². The van der Waals surface area contributed by atoms with E-state index < -0.39 is 0 Å². The van der Waals surface area contributed by atoms with Gasteiger partial charge in [0.25, 0.3) is 0 Å². The number of benzene rings is 1. The van der Waals surface area contributed by atoms with Crippen LogP contribution in [0.15, 0.2) is 24.3 Å². The maximum atomic E-state index is 11.7. The Morgan fingerprint density at radius 2 is 1.68 bits per heavy atom. The Morgan fingerprint density at radius 3 is 2.32 bits per heavy atom. The molecule has 0 aliphatic rings. The second-order valence-electron chi connectivity index (χ2n) is 4.46. The van der Waals surface area contributed by atoms with E-state index >= 15 is 0 Å². The molecule has 1 aromatic rings. The van der Waals surface area contributed by atoms with E-state index in [-0.39, 0.29) is 18.2 Å². The van der Waals surface area contributed by atoms with Gasteiger partial charge in [-0.15, -0.1) is 0 Å². The predicted octanol–water partition coefficient (Wildman–Crippen LogP) is 2.39. The topological polar surface area (TPSA) is 78.4 Å². The number of nitrogens with one attached hydrogen (secondary N) is 2. The first-order chi connectivity index (χ1) is 9.13. The summed E-state index contributed by atoms with van der Waals surface area (Å²) in [4.78, 5) is 22.4. The lowest BCUT2D eigenvalue weighted by molar-refractivity contribution is -0.129. The van der Waals surface area contributed by atoms with Crippen molar-refractivity contribution in [2.75, 3.05) is 5.32 Å². The molecule has 3 N–H and O–H groups in total. The molecular weight excluding hydrogens is 244 g/mol. The summed E-state index contributed by atoms with van der Waals surface area (Å²) >= 11 is 0. The number of hydrogen-bond donors (Lipinski definition) is 3. The maximum Gasteiger partial charge on any atom is 0.243 e. The average Bonchev–Trinajstić information content (AvgIpc) is 2.40. The quantitative estimate of drug-likeness (QED) is 0.402. The predicted molar refractivity (Wildman–Crippen MR) is 72.8 cm³/mol. The number of unbranched alkanes of at least 4 members (excludes halogenated alkanes) is 2. The summed E-state index contributed by atoms with van der Waals surface area (Å²) in [5, 5.41) is 11.2. The fraction of sp³-hybridized carbons (Fsp3) is 0.429. The van der Waals surface area contributed by atoms with E-state index in [1.165, 1.54) is 0 Å². The van der Waals surface area contributed by atoms with Crippen molar-refractivity contribution in [2.24, 2.45) is 0 Å². The summed E-state index contributed by atoms with van der Waals surface area (Å²) in [6.07, 6.45) is 2.92. The number of amides is 2. The molecule has 0 bridgehead atoms. The van der Waals surface area contributed by atoms with E-state index in [0.29, 0.717) is 12.8 Å². The van der Waals surface area contributed by atoms with E-state index in [4.69, 9.17) is 5.21 Å². The summed E-state index contributed by atoms with van der Waals surface area (Å²) in [6, 6.07) is 7.63. The summed E-state index contributed by atoms with van der Waals surface area (Å²) < 4.78 is 0. The van der Waals surface area contributed by atoms with Crippen LogP contribution in [-0.4, -0.2) is 17.0 Å². The highest BCUT2D eigenvalue weighted by atomic mass is 16.5. The molecule has 0 aromatic heterocycles. The maximum absolute atomic E-state index is 11.7. The van der Waals surface area contributed by atoms with Crippen LogP contribution in [0, 0.1) is 6.92 Å². The monoisotopic (exact) mass is 264 g/mol. The van der Waals surface area contributed by atoms with E-state index in [1.807, 2.05) is 31.2 Å². The second-order valence-corrected chi connectivity index (χ2v) is 4.46. The SMILES string of the molecule is Cc1ccccc1NC(=O)CCCCCC(=O)NO. The fourth-order valence-corrected chi connectivity index (χ4v) is 1.73. The highest BCUT2D eigenvalue weighted by molar-refractivity contribution is 5.91. The van der Waals surface area contributed by atoms with Crippen molar-refractivity contribution >= 4 is 17.5 Å². The largest absolute Gasteiger partial charge is 0.326 e. The Hall–Kier alpha value is -1.88. The van der Waals surface area contributed by atoms with Gasteiger partial charge in [-0.2, -0.15) is 0 Å². The van der Waals surface area contributed by atoms with Crippen LogP contribution in [0.5, 0.6) is 0 Å². The lowest BCUT2D eigenvalue weighted by Crippen LogP contribution is -2.17. The van der Waals surface area contributed by atoms with Gasteiger partial charge in [0.2, 0.25) is 11.8 Å². The summed E-state index contributed by atoms with van der Waals surface area (Å²) in [7, 11) is 0. The molecule has 0 aliphatic heterocycles. The Labute approximate surface area is 113 Å². The Bertz CT molecular complexity index is 432. The molecule has 0 radical (unpaired) electrons. The van der Waals surface area contributed by atoms with Crippen molar-refractivity contribution < 1.29 is 14.8 Å². The van der Waals surface area contributed by atoms with Gasteiger partial charge in [-0.1, -0.05) is 24.6 Å². The van der Waals surface area contributed by atoms with Gasteiger partial charge in [-0.05, 0) is 31.4 Å². The number of hydrogen-bond acceptors (Lipinski definition) is 3. The molecule has 5 nitrogen and oxygen atoms in total. The molecule has 0 atom stereocenters. The molecule has 5 heteroatoms. The van der Waals surface area contributed by atoms with Crippen LogP contribution in [0.2, 0.25) is 0 Å². The highest BCUT2D eigenvalue weighted by Gasteiger charge is 2.04. The Morgan fingerprint density at radius 1 is 1.05 bits per heavy atom. The van der Waals surface area contributed by atoms with E-state index in [0.717, 1.165) is 24.1 Å².